The Morgan fingerprint density at radius 2 is 2.46 bits per heavy atom. The van der Waals surface area contributed by atoms with Crippen LogP contribution >= 0.6 is 0 Å². The summed E-state index contributed by atoms with van der Waals surface area (Å²) in [6.07, 6.45) is 2.25. The smallest absolute Gasteiger partial charge is 0.245 e. The molecule has 4 heteroatoms. The lowest BCUT2D eigenvalue weighted by Gasteiger charge is -2.10. The van der Waals surface area contributed by atoms with Crippen LogP contribution in [0.4, 0.5) is 0 Å². The summed E-state index contributed by atoms with van der Waals surface area (Å²) in [6.45, 7) is 2.59. The van der Waals surface area contributed by atoms with E-state index in [2.05, 4.69) is 17.3 Å². The third kappa shape index (κ3) is 3.74. The summed E-state index contributed by atoms with van der Waals surface area (Å²) < 4.78 is 0. The van der Waals surface area contributed by atoms with Crippen LogP contribution in [0.15, 0.2) is 0 Å². The number of likely N-dealkylation sites (tertiary alicyclic amines) is 1. The van der Waals surface area contributed by atoms with Gasteiger partial charge in [-0.1, -0.05) is 0 Å². The van der Waals surface area contributed by atoms with E-state index in [-0.39, 0.29) is 5.91 Å². The van der Waals surface area contributed by atoms with Crippen molar-refractivity contribution in [2.45, 2.75) is 12.8 Å². The lowest BCUT2D eigenvalue weighted by atomic mass is 10.1. The molecule has 0 saturated carbocycles. The molecule has 4 nitrogen and oxygen atoms in total. The fraction of sp³-hybridized carbons (Fsp3) is 0.889. The monoisotopic (exact) mass is 186 g/mol. The van der Waals surface area contributed by atoms with Gasteiger partial charge in [0.15, 0.2) is 0 Å². The molecule has 1 amide bonds. The summed E-state index contributed by atoms with van der Waals surface area (Å²) in [5, 5.41) is 11.1. The normalized spacial score (nSPS) is 23.4. The molecule has 0 aromatic carbocycles. The second kappa shape index (κ2) is 5.19. The van der Waals surface area contributed by atoms with E-state index < -0.39 is 6.61 Å². The maximum Gasteiger partial charge on any atom is 0.245 e. The molecule has 13 heavy (non-hydrogen) atoms. The Morgan fingerprint density at radius 3 is 3.00 bits per heavy atom. The van der Waals surface area contributed by atoms with Crippen LogP contribution in [-0.4, -0.2) is 49.2 Å². The molecular formula is C9H18N2O2. The molecule has 0 spiro atoms. The van der Waals surface area contributed by atoms with Gasteiger partial charge in [0.05, 0.1) is 0 Å². The van der Waals surface area contributed by atoms with E-state index in [1.807, 2.05) is 0 Å². The minimum Gasteiger partial charge on any atom is -0.387 e. The molecule has 0 radical (unpaired) electrons. The average Bonchev–Trinajstić information content (AvgIpc) is 2.51. The number of aliphatic hydroxyl groups excluding tert-OH is 1. The predicted octanol–water partition coefficient (Wildman–Crippen LogP) is -0.563. The maximum absolute atomic E-state index is 10.7. The molecule has 1 atom stereocenters. The fourth-order valence-electron chi connectivity index (χ4n) is 1.73. The number of aliphatic hydroxyl groups is 1. The molecule has 1 rings (SSSR count). The van der Waals surface area contributed by atoms with Crippen LogP contribution in [0.1, 0.15) is 12.8 Å². The van der Waals surface area contributed by atoms with Crippen molar-refractivity contribution in [2.75, 3.05) is 33.3 Å². The summed E-state index contributed by atoms with van der Waals surface area (Å²) in [5.41, 5.74) is 0. The van der Waals surface area contributed by atoms with E-state index in [1.54, 1.807) is 0 Å². The second-order valence-electron chi connectivity index (χ2n) is 3.71. The second-order valence-corrected chi connectivity index (χ2v) is 3.71. The lowest BCUT2D eigenvalue weighted by molar-refractivity contribution is -0.123. The van der Waals surface area contributed by atoms with Gasteiger partial charge in [-0.3, -0.25) is 4.79 Å². The summed E-state index contributed by atoms with van der Waals surface area (Å²) in [7, 11) is 2.12. The molecular weight excluding hydrogens is 168 g/mol. The van der Waals surface area contributed by atoms with Crippen LogP contribution in [0.3, 0.4) is 0 Å². The highest BCUT2D eigenvalue weighted by atomic mass is 16.3. The number of nitrogens with one attached hydrogen (secondary N) is 1. The molecule has 0 aliphatic carbocycles. The summed E-state index contributed by atoms with van der Waals surface area (Å²) in [4.78, 5) is 13.0. The maximum atomic E-state index is 10.7. The van der Waals surface area contributed by atoms with Crippen molar-refractivity contribution >= 4 is 5.91 Å². The van der Waals surface area contributed by atoms with Gasteiger partial charge in [-0.15, -0.1) is 0 Å². The molecule has 1 fully saturated rings. The highest BCUT2D eigenvalue weighted by Gasteiger charge is 2.18. The molecule has 1 heterocycles. The minimum absolute atomic E-state index is 0.272. The molecule has 0 aromatic heterocycles. The van der Waals surface area contributed by atoms with Crippen LogP contribution in [0.25, 0.3) is 0 Å². The zero-order valence-corrected chi connectivity index (χ0v) is 8.12. The molecule has 1 unspecified atom stereocenters. The van der Waals surface area contributed by atoms with Crippen LogP contribution in [0.5, 0.6) is 0 Å². The third-order valence-corrected chi connectivity index (χ3v) is 2.51. The Morgan fingerprint density at radius 1 is 1.69 bits per heavy atom. The topological polar surface area (TPSA) is 52.6 Å². The highest BCUT2D eigenvalue weighted by Crippen LogP contribution is 2.16. The van der Waals surface area contributed by atoms with Crippen molar-refractivity contribution in [3.8, 4) is 0 Å². The Balaban J connectivity index is 2.03. The summed E-state index contributed by atoms with van der Waals surface area (Å²) >= 11 is 0. The van der Waals surface area contributed by atoms with E-state index in [9.17, 15) is 4.79 Å². The Kier molecular flexibility index (Phi) is 4.18. The predicted molar refractivity (Wildman–Crippen MR) is 50.3 cm³/mol. The van der Waals surface area contributed by atoms with E-state index in [1.165, 1.54) is 13.0 Å². The first kappa shape index (κ1) is 10.5. The van der Waals surface area contributed by atoms with E-state index >= 15 is 0 Å². The third-order valence-electron chi connectivity index (χ3n) is 2.51. The van der Waals surface area contributed by atoms with Gasteiger partial charge < -0.3 is 15.3 Å². The van der Waals surface area contributed by atoms with Gasteiger partial charge in [0.2, 0.25) is 5.91 Å². The number of carbonyl (C=O) groups is 1. The highest BCUT2D eigenvalue weighted by molar-refractivity contribution is 5.76. The van der Waals surface area contributed by atoms with Crippen LogP contribution in [0.2, 0.25) is 0 Å². The molecule has 0 bridgehead atoms. The van der Waals surface area contributed by atoms with Gasteiger partial charge >= 0.3 is 0 Å². The van der Waals surface area contributed by atoms with Crippen molar-refractivity contribution in [3.63, 3.8) is 0 Å². The van der Waals surface area contributed by atoms with Gasteiger partial charge in [0.25, 0.3) is 0 Å². The average molecular weight is 186 g/mol. The number of hydrogen-bond acceptors (Lipinski definition) is 3. The quantitative estimate of drug-likeness (QED) is 0.618. The van der Waals surface area contributed by atoms with Crippen molar-refractivity contribution in [1.82, 2.24) is 10.2 Å². The molecule has 76 valence electrons. The van der Waals surface area contributed by atoms with Crippen LogP contribution < -0.4 is 5.32 Å². The number of hydrogen-bond donors (Lipinski definition) is 2. The minimum atomic E-state index is -0.398. The van der Waals surface area contributed by atoms with Gasteiger partial charge in [-0.2, -0.15) is 0 Å². The number of rotatable bonds is 4. The number of carbonyl (C=O) groups excluding carboxylic acids is 1. The Hall–Kier alpha value is -0.610. The molecule has 1 aliphatic rings. The largest absolute Gasteiger partial charge is 0.387 e. The first-order valence-corrected chi connectivity index (χ1v) is 4.78. The molecule has 2 N–H and O–H groups in total. The SMILES string of the molecule is CN1CCC(CCNC(=O)CO)C1. The summed E-state index contributed by atoms with van der Waals surface area (Å²) in [6, 6.07) is 0. The molecule has 0 aromatic rings. The van der Waals surface area contributed by atoms with Crippen molar-refractivity contribution in [3.05, 3.63) is 0 Å². The van der Waals surface area contributed by atoms with Crippen LogP contribution in [0, 0.1) is 5.92 Å². The molecule has 1 saturated heterocycles. The Labute approximate surface area is 78.9 Å². The standard InChI is InChI=1S/C9H18N2O2/c1-11-5-3-8(6-11)2-4-10-9(13)7-12/h8,12H,2-7H2,1H3,(H,10,13). The van der Waals surface area contributed by atoms with Gasteiger partial charge in [0.1, 0.15) is 6.61 Å². The van der Waals surface area contributed by atoms with Gasteiger partial charge in [-0.05, 0) is 32.4 Å². The fourth-order valence-corrected chi connectivity index (χ4v) is 1.73. The van der Waals surface area contributed by atoms with Gasteiger partial charge in [0, 0.05) is 13.1 Å². The number of nitrogens with zero attached hydrogens (tertiary/aromatic N) is 1. The van der Waals surface area contributed by atoms with Crippen molar-refractivity contribution in [1.29, 1.82) is 0 Å². The van der Waals surface area contributed by atoms with E-state index in [4.69, 9.17) is 5.11 Å². The first-order valence-electron chi connectivity index (χ1n) is 4.78. The molecule has 1 aliphatic heterocycles. The lowest BCUT2D eigenvalue weighted by Crippen LogP contribution is -2.28. The van der Waals surface area contributed by atoms with E-state index in [0.29, 0.717) is 12.5 Å². The Bertz CT molecular complexity index is 173. The summed E-state index contributed by atoms with van der Waals surface area (Å²) in [5.74, 6) is 0.440. The van der Waals surface area contributed by atoms with Crippen LogP contribution in [-0.2, 0) is 4.79 Å². The zero-order chi connectivity index (χ0) is 9.68. The van der Waals surface area contributed by atoms with Crippen molar-refractivity contribution < 1.29 is 9.90 Å². The van der Waals surface area contributed by atoms with E-state index in [0.717, 1.165) is 13.0 Å². The zero-order valence-electron chi connectivity index (χ0n) is 8.12. The van der Waals surface area contributed by atoms with Gasteiger partial charge in [-0.25, -0.2) is 0 Å². The first-order chi connectivity index (χ1) is 6.22. The van der Waals surface area contributed by atoms with Crippen molar-refractivity contribution in [2.24, 2.45) is 5.92 Å². The number of amides is 1.